The van der Waals surface area contributed by atoms with E-state index in [9.17, 15) is 14.4 Å². The van der Waals surface area contributed by atoms with Crippen molar-refractivity contribution in [3.8, 4) is 0 Å². The maximum absolute atomic E-state index is 13.1. The molecule has 3 rings (SSSR count). The minimum absolute atomic E-state index is 0.0554. The van der Waals surface area contributed by atoms with E-state index in [1.807, 2.05) is 13.8 Å². The molecule has 0 unspecified atom stereocenters. The van der Waals surface area contributed by atoms with E-state index in [-0.39, 0.29) is 36.5 Å². The minimum atomic E-state index is -1.07. The summed E-state index contributed by atoms with van der Waals surface area (Å²) >= 11 is 0. The quantitative estimate of drug-likeness (QED) is 0.256. The zero-order valence-corrected chi connectivity index (χ0v) is 20.1. The number of carbonyl (C=O) groups excluding carboxylic acids is 1. The number of aliphatic imine (C=N–C) groups is 1. The molecule has 2 aromatic rings. The summed E-state index contributed by atoms with van der Waals surface area (Å²) in [5, 5.41) is 32.5. The highest BCUT2D eigenvalue weighted by Crippen LogP contribution is 2.31. The average molecular weight is 495 g/mol. The largest absolute Gasteiger partial charge is 0.481 e. The molecule has 188 valence electrons. The molecule has 1 amide bonds. The van der Waals surface area contributed by atoms with Crippen LogP contribution in [-0.4, -0.2) is 57.8 Å². The van der Waals surface area contributed by atoms with Gasteiger partial charge in [-0.2, -0.15) is 10.1 Å². The Balaban J connectivity index is 1.91. The van der Waals surface area contributed by atoms with Crippen molar-refractivity contribution >= 4 is 46.3 Å². The molecule has 0 saturated heterocycles. The van der Waals surface area contributed by atoms with Crippen molar-refractivity contribution in [3.05, 3.63) is 65.4 Å². The molecular formula is C25H26N4O7. The lowest BCUT2D eigenvalue weighted by molar-refractivity contribution is -0.203. The van der Waals surface area contributed by atoms with Gasteiger partial charge in [-0.1, -0.05) is 6.58 Å². The Morgan fingerprint density at radius 1 is 1.11 bits per heavy atom. The lowest BCUT2D eigenvalue weighted by atomic mass is 10.1. The molecule has 0 bridgehead atoms. The molecule has 3 N–H and O–H groups in total. The van der Waals surface area contributed by atoms with Gasteiger partial charge in [0.25, 0.3) is 5.91 Å². The molecule has 1 aliphatic rings. The number of carboxylic acid groups (broad SMARTS) is 2. The van der Waals surface area contributed by atoms with Gasteiger partial charge in [0.2, 0.25) is 0 Å². The number of aromatic carboxylic acids is 1. The molecule has 0 radical (unpaired) electrons. The number of carboxylic acids is 2. The molecular weight excluding hydrogens is 468 g/mol. The standard InChI is InChI=1S/C25H26N4O7/c1-14-11-20(28(10-9-21(30)31)13-16(3)36-35)12-15(2)22(14)26-23-17(4)27-29(24(23)32)19-7-5-18(6-8-19)25(33)34/h5-8,11-12,35H,3,9-10,13H2,1-2,4H3,(H,30,31)(H,33,34). The van der Waals surface area contributed by atoms with Crippen LogP contribution in [0.5, 0.6) is 0 Å². The van der Waals surface area contributed by atoms with Crippen LogP contribution < -0.4 is 9.91 Å². The number of hydrazone groups is 1. The fourth-order valence-electron chi connectivity index (χ4n) is 3.72. The third-order valence-electron chi connectivity index (χ3n) is 5.50. The van der Waals surface area contributed by atoms with Gasteiger partial charge in [0, 0.05) is 12.2 Å². The molecule has 0 atom stereocenters. The van der Waals surface area contributed by atoms with Gasteiger partial charge in [0.1, 0.15) is 0 Å². The Morgan fingerprint density at radius 3 is 2.25 bits per heavy atom. The van der Waals surface area contributed by atoms with Crippen LogP contribution in [0, 0.1) is 13.8 Å². The van der Waals surface area contributed by atoms with Gasteiger partial charge >= 0.3 is 11.9 Å². The number of carbonyl (C=O) groups is 3. The SMILES string of the molecule is C=C(CN(CCC(=O)O)c1cc(C)c(N=C2C(=O)N(c3ccc(C(=O)O)cc3)N=C2C)c(C)c1)OO. The summed E-state index contributed by atoms with van der Waals surface area (Å²) in [7, 11) is 0. The molecule has 11 heteroatoms. The summed E-state index contributed by atoms with van der Waals surface area (Å²) in [6, 6.07) is 9.39. The number of rotatable bonds is 10. The first kappa shape index (κ1) is 26.1. The zero-order chi connectivity index (χ0) is 26.6. The predicted octanol–water partition coefficient (Wildman–Crippen LogP) is 3.78. The number of hydrogen-bond donors (Lipinski definition) is 3. The average Bonchev–Trinajstić information content (AvgIpc) is 3.11. The van der Waals surface area contributed by atoms with E-state index in [0.29, 0.717) is 22.8 Å². The first-order valence-electron chi connectivity index (χ1n) is 10.9. The van der Waals surface area contributed by atoms with Crippen LogP contribution in [-0.2, 0) is 14.5 Å². The zero-order valence-electron chi connectivity index (χ0n) is 20.1. The first-order chi connectivity index (χ1) is 17.0. The van der Waals surface area contributed by atoms with Crippen molar-refractivity contribution in [2.24, 2.45) is 10.1 Å². The summed E-state index contributed by atoms with van der Waals surface area (Å²) in [5.41, 5.74) is 3.78. The Kier molecular flexibility index (Phi) is 7.85. The molecule has 0 spiro atoms. The number of aryl methyl sites for hydroxylation is 2. The lowest BCUT2D eigenvalue weighted by Gasteiger charge is -2.25. The highest BCUT2D eigenvalue weighted by molar-refractivity contribution is 6.71. The number of amides is 1. The van der Waals surface area contributed by atoms with Crippen LogP contribution in [0.15, 0.2) is 58.8 Å². The second-order valence-electron chi connectivity index (χ2n) is 8.24. The van der Waals surface area contributed by atoms with Crippen LogP contribution >= 0.6 is 0 Å². The molecule has 0 aliphatic carbocycles. The van der Waals surface area contributed by atoms with Crippen molar-refractivity contribution in [1.29, 1.82) is 0 Å². The van der Waals surface area contributed by atoms with Crippen molar-refractivity contribution in [3.63, 3.8) is 0 Å². The fourth-order valence-corrected chi connectivity index (χ4v) is 3.72. The number of anilines is 2. The van der Waals surface area contributed by atoms with E-state index in [2.05, 4.69) is 21.6 Å². The first-order valence-corrected chi connectivity index (χ1v) is 10.9. The van der Waals surface area contributed by atoms with Crippen molar-refractivity contribution < 1.29 is 34.7 Å². The van der Waals surface area contributed by atoms with Crippen LogP contribution in [0.3, 0.4) is 0 Å². The van der Waals surface area contributed by atoms with Gasteiger partial charge in [0.05, 0.1) is 35.6 Å². The van der Waals surface area contributed by atoms with E-state index >= 15 is 0 Å². The van der Waals surface area contributed by atoms with E-state index in [1.165, 1.54) is 29.3 Å². The highest BCUT2D eigenvalue weighted by atomic mass is 17.1. The smallest absolute Gasteiger partial charge is 0.335 e. The summed E-state index contributed by atoms with van der Waals surface area (Å²) in [4.78, 5) is 45.8. The van der Waals surface area contributed by atoms with Gasteiger partial charge in [-0.15, -0.1) is 0 Å². The van der Waals surface area contributed by atoms with Crippen molar-refractivity contribution in [1.82, 2.24) is 0 Å². The Hall–Kier alpha value is -4.51. The predicted molar refractivity (Wildman–Crippen MR) is 134 cm³/mol. The van der Waals surface area contributed by atoms with Crippen LogP contribution in [0.1, 0.15) is 34.8 Å². The third-order valence-corrected chi connectivity index (χ3v) is 5.50. The summed E-state index contributed by atoms with van der Waals surface area (Å²) < 4.78 is 0. The van der Waals surface area contributed by atoms with Crippen LogP contribution in [0.4, 0.5) is 17.1 Å². The normalized spacial score (nSPS) is 14.1. The lowest BCUT2D eigenvalue weighted by Crippen LogP contribution is -2.29. The third kappa shape index (κ3) is 5.76. The monoisotopic (exact) mass is 494 g/mol. The van der Waals surface area contributed by atoms with Crippen LogP contribution in [0.2, 0.25) is 0 Å². The maximum atomic E-state index is 13.1. The van der Waals surface area contributed by atoms with E-state index in [1.54, 1.807) is 24.0 Å². The minimum Gasteiger partial charge on any atom is -0.481 e. The van der Waals surface area contributed by atoms with Gasteiger partial charge in [-0.25, -0.2) is 15.0 Å². The molecule has 1 aliphatic heterocycles. The second-order valence-corrected chi connectivity index (χ2v) is 8.24. The molecule has 11 nitrogen and oxygen atoms in total. The topological polar surface area (TPSA) is 152 Å². The highest BCUT2D eigenvalue weighted by Gasteiger charge is 2.31. The number of hydrogen-bond acceptors (Lipinski definition) is 8. The van der Waals surface area contributed by atoms with Crippen molar-refractivity contribution in [2.75, 3.05) is 23.0 Å². The van der Waals surface area contributed by atoms with Gasteiger partial charge in [-0.3, -0.25) is 9.59 Å². The Labute approximate surface area is 207 Å². The number of aliphatic carboxylic acids is 1. The molecule has 2 aromatic carbocycles. The van der Waals surface area contributed by atoms with Gasteiger partial charge in [-0.05, 0) is 68.3 Å². The van der Waals surface area contributed by atoms with Crippen molar-refractivity contribution in [2.45, 2.75) is 27.2 Å². The second kappa shape index (κ2) is 10.8. The molecule has 0 saturated carbocycles. The van der Waals surface area contributed by atoms with E-state index in [0.717, 1.165) is 11.1 Å². The molecule has 36 heavy (non-hydrogen) atoms. The van der Waals surface area contributed by atoms with Gasteiger partial charge < -0.3 is 20.0 Å². The molecule has 0 fully saturated rings. The van der Waals surface area contributed by atoms with E-state index < -0.39 is 17.8 Å². The summed E-state index contributed by atoms with van der Waals surface area (Å²) in [6.45, 7) is 9.12. The fraction of sp³-hybridized carbons (Fsp3) is 0.240. The number of benzene rings is 2. The van der Waals surface area contributed by atoms with Gasteiger partial charge in [0.15, 0.2) is 11.5 Å². The Bertz CT molecular complexity index is 1260. The Morgan fingerprint density at radius 2 is 1.72 bits per heavy atom. The molecule has 0 aromatic heterocycles. The van der Waals surface area contributed by atoms with E-state index in [4.69, 9.17) is 15.5 Å². The summed E-state index contributed by atoms with van der Waals surface area (Å²) in [5.74, 6) is -2.43. The molecule has 1 heterocycles. The van der Waals surface area contributed by atoms with Crippen LogP contribution in [0.25, 0.3) is 0 Å². The summed E-state index contributed by atoms with van der Waals surface area (Å²) in [6.07, 6.45) is -0.131. The maximum Gasteiger partial charge on any atom is 0.335 e. The number of nitrogens with zero attached hydrogens (tertiary/aromatic N) is 4.